The van der Waals surface area contributed by atoms with Crippen LogP contribution in [-0.4, -0.2) is 42.2 Å². The molecule has 1 aromatic carbocycles. The quantitative estimate of drug-likeness (QED) is 0.638. The van der Waals surface area contributed by atoms with Gasteiger partial charge < -0.3 is 20.7 Å². The number of likely N-dealkylation sites (tertiary alicyclic amines) is 1. The van der Waals surface area contributed by atoms with Gasteiger partial charge in [-0.3, -0.25) is 4.99 Å². The number of rotatable bonds is 4. The SMILES string of the molecule is CC1CCN(C(N)=NCC(NC(=O)OC(C)(C)C)c2ccccc2)CC1. The first-order valence-corrected chi connectivity index (χ1v) is 9.34. The van der Waals surface area contributed by atoms with Crippen LogP contribution >= 0.6 is 0 Å². The van der Waals surface area contributed by atoms with Gasteiger partial charge in [0.2, 0.25) is 0 Å². The van der Waals surface area contributed by atoms with Crippen LogP contribution in [0.25, 0.3) is 0 Å². The maximum Gasteiger partial charge on any atom is 0.408 e. The summed E-state index contributed by atoms with van der Waals surface area (Å²) in [7, 11) is 0. The molecule has 6 nitrogen and oxygen atoms in total. The summed E-state index contributed by atoms with van der Waals surface area (Å²) in [4.78, 5) is 18.9. The van der Waals surface area contributed by atoms with Gasteiger partial charge in [0.05, 0.1) is 12.6 Å². The maximum absolute atomic E-state index is 12.2. The molecule has 0 radical (unpaired) electrons. The number of carbonyl (C=O) groups excluding carboxylic acids is 1. The zero-order valence-electron chi connectivity index (χ0n) is 16.4. The van der Waals surface area contributed by atoms with E-state index in [0.29, 0.717) is 12.5 Å². The van der Waals surface area contributed by atoms with E-state index in [9.17, 15) is 4.79 Å². The van der Waals surface area contributed by atoms with Gasteiger partial charge in [-0.1, -0.05) is 37.3 Å². The van der Waals surface area contributed by atoms with E-state index in [1.165, 1.54) is 0 Å². The molecule has 0 bridgehead atoms. The fourth-order valence-corrected chi connectivity index (χ4v) is 2.89. The van der Waals surface area contributed by atoms with Gasteiger partial charge >= 0.3 is 6.09 Å². The molecule has 1 amide bonds. The highest BCUT2D eigenvalue weighted by molar-refractivity contribution is 5.78. The topological polar surface area (TPSA) is 80.0 Å². The first-order valence-electron chi connectivity index (χ1n) is 9.34. The Balaban J connectivity index is 2.04. The molecule has 26 heavy (non-hydrogen) atoms. The molecule has 0 aromatic heterocycles. The molecule has 1 unspecified atom stereocenters. The van der Waals surface area contributed by atoms with Crippen LogP contribution in [0.3, 0.4) is 0 Å². The Morgan fingerprint density at radius 1 is 1.31 bits per heavy atom. The fourth-order valence-electron chi connectivity index (χ4n) is 2.89. The van der Waals surface area contributed by atoms with Crippen molar-refractivity contribution in [2.75, 3.05) is 19.6 Å². The summed E-state index contributed by atoms with van der Waals surface area (Å²) in [6.45, 7) is 10.0. The number of ether oxygens (including phenoxy) is 1. The molecule has 1 fully saturated rings. The Morgan fingerprint density at radius 3 is 2.50 bits per heavy atom. The lowest BCUT2D eigenvalue weighted by atomic mass is 10.00. The lowest BCUT2D eigenvalue weighted by Crippen LogP contribution is -2.43. The predicted molar refractivity (Wildman–Crippen MR) is 105 cm³/mol. The molecule has 0 aliphatic carbocycles. The molecule has 6 heteroatoms. The highest BCUT2D eigenvalue weighted by Gasteiger charge is 2.21. The number of nitrogens with two attached hydrogens (primary N) is 1. The van der Waals surface area contributed by atoms with E-state index in [0.717, 1.165) is 37.4 Å². The number of benzene rings is 1. The first kappa shape index (κ1) is 20.1. The van der Waals surface area contributed by atoms with Gasteiger partial charge in [0.1, 0.15) is 5.60 Å². The standard InChI is InChI=1S/C20H32N4O2/c1-15-10-12-24(13-11-15)18(21)22-14-17(16-8-6-5-7-9-16)23-19(25)26-20(2,3)4/h5-9,15,17H,10-14H2,1-4H3,(H2,21,22)(H,23,25). The lowest BCUT2D eigenvalue weighted by Gasteiger charge is -2.31. The van der Waals surface area contributed by atoms with E-state index >= 15 is 0 Å². The molecule has 0 spiro atoms. The molecule has 1 heterocycles. The molecule has 2 rings (SSSR count). The van der Waals surface area contributed by atoms with E-state index in [1.54, 1.807) is 0 Å². The van der Waals surface area contributed by atoms with Gasteiger partial charge in [-0.25, -0.2) is 4.79 Å². The van der Waals surface area contributed by atoms with Crippen molar-refractivity contribution in [3.63, 3.8) is 0 Å². The molecule has 3 N–H and O–H groups in total. The number of alkyl carbamates (subject to hydrolysis) is 1. The van der Waals surface area contributed by atoms with E-state index in [4.69, 9.17) is 10.5 Å². The van der Waals surface area contributed by atoms with E-state index in [-0.39, 0.29) is 6.04 Å². The number of guanidine groups is 1. The van der Waals surface area contributed by atoms with Crippen LogP contribution in [0, 0.1) is 5.92 Å². The number of amides is 1. The second kappa shape index (κ2) is 8.92. The van der Waals surface area contributed by atoms with Gasteiger partial charge in [0.15, 0.2) is 5.96 Å². The molecule has 1 saturated heterocycles. The van der Waals surface area contributed by atoms with Gasteiger partial charge in [0.25, 0.3) is 0 Å². The molecular formula is C20H32N4O2. The zero-order chi connectivity index (χ0) is 19.2. The van der Waals surface area contributed by atoms with Crippen molar-refractivity contribution in [1.82, 2.24) is 10.2 Å². The van der Waals surface area contributed by atoms with E-state index in [2.05, 4.69) is 22.1 Å². The summed E-state index contributed by atoms with van der Waals surface area (Å²) in [5, 5.41) is 2.91. The summed E-state index contributed by atoms with van der Waals surface area (Å²) in [6.07, 6.45) is 1.81. The van der Waals surface area contributed by atoms with Gasteiger partial charge in [-0.15, -0.1) is 0 Å². The van der Waals surface area contributed by atoms with Crippen molar-refractivity contribution in [2.45, 2.75) is 52.2 Å². The van der Waals surface area contributed by atoms with Crippen LogP contribution in [0.2, 0.25) is 0 Å². The number of nitrogens with zero attached hydrogens (tertiary/aromatic N) is 2. The highest BCUT2D eigenvalue weighted by Crippen LogP contribution is 2.17. The third kappa shape index (κ3) is 6.58. The number of carbonyl (C=O) groups is 1. The van der Waals surface area contributed by atoms with Crippen molar-refractivity contribution < 1.29 is 9.53 Å². The number of hydrogen-bond donors (Lipinski definition) is 2. The molecule has 0 saturated carbocycles. The Hall–Kier alpha value is -2.24. The average molecular weight is 361 g/mol. The Labute approximate surface area is 156 Å². The van der Waals surface area contributed by atoms with E-state index < -0.39 is 11.7 Å². The number of piperidine rings is 1. The third-order valence-electron chi connectivity index (χ3n) is 4.44. The normalized spacial score (nSPS) is 17.7. The molecule has 1 aliphatic heterocycles. The zero-order valence-corrected chi connectivity index (χ0v) is 16.4. The summed E-state index contributed by atoms with van der Waals surface area (Å²) in [6, 6.07) is 9.48. The molecule has 1 atom stereocenters. The minimum atomic E-state index is -0.544. The smallest absolute Gasteiger partial charge is 0.408 e. The summed E-state index contributed by atoms with van der Waals surface area (Å²) >= 11 is 0. The van der Waals surface area contributed by atoms with Gasteiger partial charge in [-0.2, -0.15) is 0 Å². The minimum Gasteiger partial charge on any atom is -0.444 e. The largest absolute Gasteiger partial charge is 0.444 e. The van der Waals surface area contributed by atoms with Crippen LogP contribution < -0.4 is 11.1 Å². The van der Waals surface area contributed by atoms with Crippen molar-refractivity contribution in [3.05, 3.63) is 35.9 Å². The molecule has 1 aliphatic rings. The predicted octanol–water partition coefficient (Wildman–Crippen LogP) is 3.30. The van der Waals surface area contributed by atoms with Crippen LogP contribution in [0.5, 0.6) is 0 Å². The maximum atomic E-state index is 12.2. The van der Waals surface area contributed by atoms with Crippen molar-refractivity contribution in [2.24, 2.45) is 16.6 Å². The Bertz CT molecular complexity index is 602. The van der Waals surface area contributed by atoms with Gasteiger partial charge in [-0.05, 0) is 45.1 Å². The van der Waals surface area contributed by atoms with Crippen molar-refractivity contribution in [3.8, 4) is 0 Å². The second-order valence-corrected chi connectivity index (χ2v) is 7.98. The monoisotopic (exact) mass is 360 g/mol. The molecule has 1 aromatic rings. The first-order chi connectivity index (χ1) is 12.2. The average Bonchev–Trinajstić information content (AvgIpc) is 2.58. The van der Waals surface area contributed by atoms with Crippen LogP contribution in [0.15, 0.2) is 35.3 Å². The van der Waals surface area contributed by atoms with E-state index in [1.807, 2.05) is 51.1 Å². The van der Waals surface area contributed by atoms with Crippen LogP contribution in [-0.2, 0) is 4.74 Å². The Kier molecular flexibility index (Phi) is 6.89. The van der Waals surface area contributed by atoms with Crippen LogP contribution in [0.1, 0.15) is 52.1 Å². The highest BCUT2D eigenvalue weighted by atomic mass is 16.6. The number of hydrogen-bond acceptors (Lipinski definition) is 3. The summed E-state index contributed by atoms with van der Waals surface area (Å²) in [5.74, 6) is 1.29. The summed E-state index contributed by atoms with van der Waals surface area (Å²) in [5.41, 5.74) is 6.62. The molecule has 144 valence electrons. The molecular weight excluding hydrogens is 328 g/mol. The van der Waals surface area contributed by atoms with Crippen molar-refractivity contribution >= 4 is 12.1 Å². The third-order valence-corrected chi connectivity index (χ3v) is 4.44. The van der Waals surface area contributed by atoms with Crippen molar-refractivity contribution in [1.29, 1.82) is 0 Å². The Morgan fingerprint density at radius 2 is 1.92 bits per heavy atom. The second-order valence-electron chi connectivity index (χ2n) is 7.98. The lowest BCUT2D eigenvalue weighted by molar-refractivity contribution is 0.0505. The summed E-state index contributed by atoms with van der Waals surface area (Å²) < 4.78 is 5.38. The number of nitrogens with one attached hydrogen (secondary N) is 1. The van der Waals surface area contributed by atoms with Gasteiger partial charge in [0, 0.05) is 13.1 Å². The fraction of sp³-hybridized carbons (Fsp3) is 0.600. The number of aliphatic imine (C=N–C) groups is 1. The minimum absolute atomic E-state index is 0.284. The van der Waals surface area contributed by atoms with Crippen LogP contribution in [0.4, 0.5) is 4.79 Å².